The lowest BCUT2D eigenvalue weighted by Gasteiger charge is -2.10. The average Bonchev–Trinajstić information content (AvgIpc) is 2.84. The first kappa shape index (κ1) is 10.7. The Morgan fingerprint density at radius 3 is 3.13 bits per heavy atom. The van der Waals surface area contributed by atoms with Gasteiger partial charge in [0.2, 0.25) is 0 Å². The zero-order chi connectivity index (χ0) is 10.5. The molecular formula is C12H20N2O. The predicted molar refractivity (Wildman–Crippen MR) is 61.0 cm³/mol. The van der Waals surface area contributed by atoms with E-state index in [9.17, 15) is 0 Å². The van der Waals surface area contributed by atoms with Gasteiger partial charge in [-0.15, -0.1) is 0 Å². The van der Waals surface area contributed by atoms with Crippen LogP contribution in [0, 0.1) is 6.92 Å². The van der Waals surface area contributed by atoms with Crippen LogP contribution in [0.3, 0.4) is 0 Å². The van der Waals surface area contributed by atoms with Gasteiger partial charge in [-0.3, -0.25) is 0 Å². The number of hydrogen-bond donors (Lipinski definition) is 2. The first-order valence-corrected chi connectivity index (χ1v) is 5.84. The molecule has 1 aromatic heterocycles. The molecule has 0 radical (unpaired) electrons. The van der Waals surface area contributed by atoms with E-state index >= 15 is 0 Å². The summed E-state index contributed by atoms with van der Waals surface area (Å²) in [4.78, 5) is 0. The molecule has 15 heavy (non-hydrogen) atoms. The van der Waals surface area contributed by atoms with E-state index in [-0.39, 0.29) is 0 Å². The van der Waals surface area contributed by atoms with E-state index in [2.05, 4.69) is 16.7 Å². The van der Waals surface area contributed by atoms with Gasteiger partial charge in [-0.2, -0.15) is 0 Å². The smallest absolute Gasteiger partial charge is 0.105 e. The lowest BCUT2D eigenvalue weighted by molar-refractivity contribution is 0.467. The van der Waals surface area contributed by atoms with Crippen LogP contribution in [0.25, 0.3) is 0 Å². The summed E-state index contributed by atoms with van der Waals surface area (Å²) < 4.78 is 5.50. The number of furan rings is 1. The fourth-order valence-electron chi connectivity index (χ4n) is 2.04. The van der Waals surface area contributed by atoms with Crippen LogP contribution in [-0.4, -0.2) is 25.7 Å². The molecular weight excluding hydrogens is 188 g/mol. The van der Waals surface area contributed by atoms with Gasteiger partial charge in [0.1, 0.15) is 11.5 Å². The van der Waals surface area contributed by atoms with Gasteiger partial charge in [-0.1, -0.05) is 0 Å². The van der Waals surface area contributed by atoms with E-state index in [4.69, 9.17) is 4.42 Å². The van der Waals surface area contributed by atoms with Crippen LogP contribution in [0.4, 0.5) is 0 Å². The maximum Gasteiger partial charge on any atom is 0.105 e. The van der Waals surface area contributed by atoms with Crippen molar-refractivity contribution in [1.29, 1.82) is 0 Å². The molecule has 1 fully saturated rings. The molecule has 0 amide bonds. The highest BCUT2D eigenvalue weighted by molar-refractivity contribution is 5.05. The van der Waals surface area contributed by atoms with Gasteiger partial charge >= 0.3 is 0 Å². The topological polar surface area (TPSA) is 37.2 Å². The van der Waals surface area contributed by atoms with Crippen molar-refractivity contribution in [2.24, 2.45) is 0 Å². The van der Waals surface area contributed by atoms with Gasteiger partial charge in [0.15, 0.2) is 0 Å². The van der Waals surface area contributed by atoms with Crippen molar-refractivity contribution in [1.82, 2.24) is 10.6 Å². The first-order chi connectivity index (χ1) is 7.34. The second kappa shape index (κ2) is 5.33. The Hall–Kier alpha value is -0.800. The molecule has 84 valence electrons. The summed E-state index contributed by atoms with van der Waals surface area (Å²) in [5, 5.41) is 6.94. The fourth-order valence-corrected chi connectivity index (χ4v) is 2.04. The molecule has 2 heterocycles. The maximum atomic E-state index is 5.50. The molecule has 0 bridgehead atoms. The molecule has 0 aromatic carbocycles. The molecule has 0 aliphatic carbocycles. The highest BCUT2D eigenvalue weighted by Gasteiger charge is 2.12. The Labute approximate surface area is 91.2 Å². The molecule has 1 aliphatic heterocycles. The van der Waals surface area contributed by atoms with Gasteiger partial charge in [-0.25, -0.2) is 0 Å². The van der Waals surface area contributed by atoms with Crippen LogP contribution in [0.15, 0.2) is 16.5 Å². The molecule has 3 heteroatoms. The molecule has 0 spiro atoms. The summed E-state index contributed by atoms with van der Waals surface area (Å²) in [6, 6.07) is 4.77. The Balaban J connectivity index is 1.58. The molecule has 1 aliphatic rings. The highest BCUT2D eigenvalue weighted by atomic mass is 16.3. The molecule has 0 saturated carbocycles. The molecule has 1 unspecified atom stereocenters. The zero-order valence-corrected chi connectivity index (χ0v) is 9.38. The van der Waals surface area contributed by atoms with Crippen LogP contribution in [-0.2, 0) is 6.42 Å². The van der Waals surface area contributed by atoms with Crippen LogP contribution in [0.1, 0.15) is 24.4 Å². The summed E-state index contributed by atoms with van der Waals surface area (Å²) in [5.41, 5.74) is 0. The van der Waals surface area contributed by atoms with Crippen LogP contribution in [0.2, 0.25) is 0 Å². The Kier molecular flexibility index (Phi) is 3.80. The molecule has 1 saturated heterocycles. The van der Waals surface area contributed by atoms with Crippen molar-refractivity contribution in [2.45, 2.75) is 32.2 Å². The van der Waals surface area contributed by atoms with Gasteiger partial charge in [0, 0.05) is 25.6 Å². The zero-order valence-electron chi connectivity index (χ0n) is 9.38. The van der Waals surface area contributed by atoms with Crippen LogP contribution < -0.4 is 10.6 Å². The minimum absolute atomic E-state index is 0.684. The summed E-state index contributed by atoms with van der Waals surface area (Å²) >= 11 is 0. The third-order valence-corrected chi connectivity index (χ3v) is 2.90. The standard InChI is InChI=1S/C12H20N2O/c1-10-4-5-12(15-10)6-8-13-9-11-3-2-7-14-11/h4-5,11,13-14H,2-3,6-9H2,1H3. The monoisotopic (exact) mass is 208 g/mol. The van der Waals surface area contributed by atoms with Gasteiger partial charge in [0.05, 0.1) is 0 Å². The quantitative estimate of drug-likeness (QED) is 0.720. The molecule has 1 atom stereocenters. The van der Waals surface area contributed by atoms with E-state index in [1.54, 1.807) is 0 Å². The SMILES string of the molecule is Cc1ccc(CCNCC2CCCN2)o1. The second-order valence-corrected chi connectivity index (χ2v) is 4.26. The first-order valence-electron chi connectivity index (χ1n) is 5.84. The van der Waals surface area contributed by atoms with Crippen molar-refractivity contribution >= 4 is 0 Å². The maximum absolute atomic E-state index is 5.50. The summed E-state index contributed by atoms with van der Waals surface area (Å²) in [6.45, 7) is 5.26. The average molecular weight is 208 g/mol. The van der Waals surface area contributed by atoms with E-state index in [0.717, 1.165) is 31.0 Å². The Bertz CT molecular complexity index is 290. The third kappa shape index (κ3) is 3.36. The minimum Gasteiger partial charge on any atom is -0.466 e. The Morgan fingerprint density at radius 1 is 1.53 bits per heavy atom. The van der Waals surface area contributed by atoms with Gasteiger partial charge < -0.3 is 15.1 Å². The van der Waals surface area contributed by atoms with Crippen molar-refractivity contribution < 1.29 is 4.42 Å². The van der Waals surface area contributed by atoms with Crippen molar-refractivity contribution in [3.8, 4) is 0 Å². The summed E-state index contributed by atoms with van der Waals surface area (Å²) in [6.07, 6.45) is 3.62. The normalized spacial score (nSPS) is 21.0. The molecule has 2 rings (SSSR count). The van der Waals surface area contributed by atoms with E-state index in [1.165, 1.54) is 19.4 Å². The number of hydrogen-bond acceptors (Lipinski definition) is 3. The van der Waals surface area contributed by atoms with Crippen LogP contribution >= 0.6 is 0 Å². The largest absolute Gasteiger partial charge is 0.466 e. The molecule has 1 aromatic rings. The lowest BCUT2D eigenvalue weighted by Crippen LogP contribution is -2.34. The predicted octanol–water partition coefficient (Wildman–Crippen LogP) is 1.47. The second-order valence-electron chi connectivity index (χ2n) is 4.26. The Morgan fingerprint density at radius 2 is 2.47 bits per heavy atom. The van der Waals surface area contributed by atoms with E-state index < -0.39 is 0 Å². The number of aryl methyl sites for hydroxylation is 1. The fraction of sp³-hybridized carbons (Fsp3) is 0.667. The van der Waals surface area contributed by atoms with Gasteiger partial charge in [-0.05, 0) is 38.4 Å². The third-order valence-electron chi connectivity index (χ3n) is 2.90. The minimum atomic E-state index is 0.684. The highest BCUT2D eigenvalue weighted by Crippen LogP contribution is 2.06. The number of nitrogens with one attached hydrogen (secondary N) is 2. The van der Waals surface area contributed by atoms with E-state index in [0.29, 0.717) is 6.04 Å². The molecule has 2 N–H and O–H groups in total. The summed E-state index contributed by atoms with van der Waals surface area (Å²) in [5.74, 6) is 2.09. The number of rotatable bonds is 5. The van der Waals surface area contributed by atoms with E-state index in [1.807, 2.05) is 13.0 Å². The molecule has 3 nitrogen and oxygen atoms in total. The van der Waals surface area contributed by atoms with Crippen molar-refractivity contribution in [3.05, 3.63) is 23.7 Å². The van der Waals surface area contributed by atoms with Gasteiger partial charge in [0.25, 0.3) is 0 Å². The summed E-state index contributed by atoms with van der Waals surface area (Å²) in [7, 11) is 0. The lowest BCUT2D eigenvalue weighted by atomic mass is 10.2. The van der Waals surface area contributed by atoms with Crippen molar-refractivity contribution in [3.63, 3.8) is 0 Å². The van der Waals surface area contributed by atoms with Crippen LogP contribution in [0.5, 0.6) is 0 Å². The van der Waals surface area contributed by atoms with Crippen molar-refractivity contribution in [2.75, 3.05) is 19.6 Å².